The summed E-state index contributed by atoms with van der Waals surface area (Å²) in [6, 6.07) is 4.96. The summed E-state index contributed by atoms with van der Waals surface area (Å²) in [6.45, 7) is 3.25. The molecule has 30 heavy (non-hydrogen) atoms. The summed E-state index contributed by atoms with van der Waals surface area (Å²) in [4.78, 5) is 20.0. The number of fused-ring (bicyclic) bond motifs is 1. The number of pyridine rings is 2. The second kappa shape index (κ2) is 6.80. The average Bonchev–Trinajstić information content (AvgIpc) is 3.40. The second-order valence-electron chi connectivity index (χ2n) is 8.11. The maximum Gasteiger partial charge on any atom is 0.287 e. The number of carbonyl (C=O) groups is 1. The van der Waals surface area contributed by atoms with E-state index in [2.05, 4.69) is 15.3 Å². The number of ether oxygens (including phenoxy) is 1. The predicted octanol–water partition coefficient (Wildman–Crippen LogP) is 3.88. The maximum absolute atomic E-state index is 14.2. The van der Waals surface area contributed by atoms with E-state index < -0.39 is 5.92 Å². The van der Waals surface area contributed by atoms with Gasteiger partial charge in [0, 0.05) is 43.3 Å². The summed E-state index contributed by atoms with van der Waals surface area (Å²) in [5, 5.41) is 8.24. The quantitative estimate of drug-likeness (QED) is 0.687. The van der Waals surface area contributed by atoms with Crippen molar-refractivity contribution in [1.82, 2.24) is 19.7 Å². The molecule has 5 rings (SSSR count). The number of rotatable bonds is 5. The SMILES string of the molecule is CC(=O)Nc1cc2c(cn1)c(C1CC1)nn2-c1cc(C2COC2)cc(C(C)(F)F)n1. The Kier molecular flexibility index (Phi) is 4.32. The molecule has 1 aliphatic carbocycles. The molecule has 7 nitrogen and oxygen atoms in total. The van der Waals surface area contributed by atoms with Gasteiger partial charge in [0.05, 0.1) is 24.4 Å². The number of aromatic nitrogens is 4. The van der Waals surface area contributed by atoms with E-state index in [1.165, 1.54) is 13.0 Å². The molecule has 1 amide bonds. The first-order valence-corrected chi connectivity index (χ1v) is 9.94. The lowest BCUT2D eigenvalue weighted by atomic mass is 9.97. The zero-order valence-electron chi connectivity index (χ0n) is 16.7. The van der Waals surface area contributed by atoms with Gasteiger partial charge in [0.25, 0.3) is 5.92 Å². The molecule has 0 spiro atoms. The third-order valence-corrected chi connectivity index (χ3v) is 5.47. The van der Waals surface area contributed by atoms with E-state index >= 15 is 0 Å². The van der Waals surface area contributed by atoms with Crippen molar-refractivity contribution in [3.63, 3.8) is 0 Å². The number of nitrogens with one attached hydrogen (secondary N) is 1. The van der Waals surface area contributed by atoms with Crippen LogP contribution in [0.3, 0.4) is 0 Å². The summed E-state index contributed by atoms with van der Waals surface area (Å²) in [6.07, 6.45) is 3.74. The van der Waals surface area contributed by atoms with Gasteiger partial charge in [0.2, 0.25) is 5.91 Å². The molecule has 0 aromatic carbocycles. The average molecular weight is 413 g/mol. The molecule has 0 unspecified atom stereocenters. The predicted molar refractivity (Wildman–Crippen MR) is 106 cm³/mol. The molecular formula is C21H21F2N5O2. The highest BCUT2D eigenvalue weighted by Crippen LogP contribution is 2.43. The fourth-order valence-electron chi connectivity index (χ4n) is 3.65. The molecule has 0 radical (unpaired) electrons. The van der Waals surface area contributed by atoms with Crippen LogP contribution in [0.15, 0.2) is 24.4 Å². The van der Waals surface area contributed by atoms with Gasteiger partial charge in [0.15, 0.2) is 5.82 Å². The molecule has 1 aliphatic heterocycles. The summed E-state index contributed by atoms with van der Waals surface area (Å²) in [5.41, 5.74) is 2.02. The minimum absolute atomic E-state index is 0.0641. The fourth-order valence-corrected chi connectivity index (χ4v) is 3.65. The molecule has 3 aromatic heterocycles. The van der Waals surface area contributed by atoms with Crippen molar-refractivity contribution in [1.29, 1.82) is 0 Å². The van der Waals surface area contributed by atoms with Gasteiger partial charge in [-0.1, -0.05) is 0 Å². The van der Waals surface area contributed by atoms with E-state index in [0.717, 1.165) is 36.4 Å². The highest BCUT2D eigenvalue weighted by molar-refractivity contribution is 5.91. The van der Waals surface area contributed by atoms with Gasteiger partial charge < -0.3 is 10.1 Å². The van der Waals surface area contributed by atoms with Gasteiger partial charge in [-0.05, 0) is 30.5 Å². The van der Waals surface area contributed by atoms with Crippen molar-refractivity contribution in [2.75, 3.05) is 18.5 Å². The molecule has 1 saturated heterocycles. The zero-order valence-corrected chi connectivity index (χ0v) is 16.7. The van der Waals surface area contributed by atoms with Crippen LogP contribution in [-0.4, -0.2) is 38.9 Å². The van der Waals surface area contributed by atoms with Gasteiger partial charge in [0.1, 0.15) is 11.5 Å². The van der Waals surface area contributed by atoms with Crippen LogP contribution in [0.2, 0.25) is 0 Å². The summed E-state index contributed by atoms with van der Waals surface area (Å²) in [5.74, 6) is -2.23. The number of nitrogens with zero attached hydrogens (tertiary/aromatic N) is 4. The Hall–Kier alpha value is -2.94. The van der Waals surface area contributed by atoms with Crippen LogP contribution in [0.25, 0.3) is 16.7 Å². The summed E-state index contributed by atoms with van der Waals surface area (Å²) < 4.78 is 35.2. The second-order valence-corrected chi connectivity index (χ2v) is 8.11. The van der Waals surface area contributed by atoms with Crippen LogP contribution in [-0.2, 0) is 15.5 Å². The first-order valence-electron chi connectivity index (χ1n) is 9.94. The van der Waals surface area contributed by atoms with Gasteiger partial charge in [-0.25, -0.2) is 14.6 Å². The summed E-state index contributed by atoms with van der Waals surface area (Å²) >= 11 is 0. The number of hydrogen-bond acceptors (Lipinski definition) is 5. The largest absolute Gasteiger partial charge is 0.380 e. The molecule has 0 bridgehead atoms. The highest BCUT2D eigenvalue weighted by atomic mass is 19.3. The van der Waals surface area contributed by atoms with Crippen LogP contribution in [0.1, 0.15) is 55.5 Å². The Morgan fingerprint density at radius 3 is 2.60 bits per heavy atom. The van der Waals surface area contributed by atoms with Crippen LogP contribution >= 0.6 is 0 Å². The fraction of sp³-hybridized carbons (Fsp3) is 0.429. The normalized spacial score (nSPS) is 17.2. The lowest BCUT2D eigenvalue weighted by molar-refractivity contribution is -0.114. The van der Waals surface area contributed by atoms with Crippen molar-refractivity contribution in [2.24, 2.45) is 0 Å². The van der Waals surface area contributed by atoms with Crippen molar-refractivity contribution >= 4 is 22.6 Å². The lowest BCUT2D eigenvalue weighted by Crippen LogP contribution is -2.26. The molecular weight excluding hydrogens is 392 g/mol. The van der Waals surface area contributed by atoms with Gasteiger partial charge in [-0.3, -0.25) is 4.79 Å². The number of amides is 1. The Bertz CT molecular complexity index is 1150. The van der Waals surface area contributed by atoms with Crippen molar-refractivity contribution in [3.8, 4) is 5.82 Å². The van der Waals surface area contributed by atoms with E-state index in [1.807, 2.05) is 0 Å². The van der Waals surface area contributed by atoms with Crippen LogP contribution in [0, 0.1) is 0 Å². The van der Waals surface area contributed by atoms with E-state index in [4.69, 9.17) is 9.84 Å². The van der Waals surface area contributed by atoms with Crippen molar-refractivity contribution < 1.29 is 18.3 Å². The molecule has 3 aromatic rings. The molecule has 1 N–H and O–H groups in total. The number of anilines is 1. The minimum atomic E-state index is -3.08. The maximum atomic E-state index is 14.2. The molecule has 4 heterocycles. The number of hydrogen-bond donors (Lipinski definition) is 1. The number of halogens is 2. The molecule has 156 valence electrons. The Morgan fingerprint density at radius 2 is 2.00 bits per heavy atom. The lowest BCUT2D eigenvalue weighted by Gasteiger charge is -2.27. The van der Waals surface area contributed by atoms with Gasteiger partial charge >= 0.3 is 0 Å². The van der Waals surface area contributed by atoms with Crippen LogP contribution in [0.5, 0.6) is 0 Å². The first-order chi connectivity index (χ1) is 14.3. The van der Waals surface area contributed by atoms with Crippen LogP contribution < -0.4 is 5.32 Å². The smallest absolute Gasteiger partial charge is 0.287 e. The van der Waals surface area contributed by atoms with Crippen molar-refractivity contribution in [3.05, 3.63) is 41.3 Å². The molecule has 2 fully saturated rings. The third-order valence-electron chi connectivity index (χ3n) is 5.47. The minimum Gasteiger partial charge on any atom is -0.380 e. The topological polar surface area (TPSA) is 81.9 Å². The van der Waals surface area contributed by atoms with E-state index in [9.17, 15) is 13.6 Å². The molecule has 1 saturated carbocycles. The number of carbonyl (C=O) groups excluding carboxylic acids is 1. The molecule has 9 heteroatoms. The van der Waals surface area contributed by atoms with E-state index in [1.54, 1.807) is 23.0 Å². The van der Waals surface area contributed by atoms with E-state index in [0.29, 0.717) is 36.3 Å². The van der Waals surface area contributed by atoms with Gasteiger partial charge in [-0.2, -0.15) is 13.9 Å². The molecule has 0 atom stereocenters. The van der Waals surface area contributed by atoms with Crippen LogP contribution in [0.4, 0.5) is 14.6 Å². The Labute approximate surface area is 171 Å². The van der Waals surface area contributed by atoms with E-state index in [-0.39, 0.29) is 17.5 Å². The monoisotopic (exact) mass is 413 g/mol. The first kappa shape index (κ1) is 19.0. The zero-order chi connectivity index (χ0) is 21.0. The Morgan fingerprint density at radius 1 is 1.23 bits per heavy atom. The highest BCUT2D eigenvalue weighted by Gasteiger charge is 2.32. The third kappa shape index (κ3) is 3.43. The molecule has 2 aliphatic rings. The standard InChI is InChI=1S/C21H21F2N5O2/c1-11(29)25-18-7-16-15(8-24-18)20(12-3-4-12)27-28(16)19-6-13(14-9-30-10-14)5-17(26-19)21(2,22)23/h5-8,12,14H,3-4,9-10H2,1-2H3,(H,24,25,29). The number of alkyl halides is 2. The summed E-state index contributed by atoms with van der Waals surface area (Å²) in [7, 11) is 0. The Balaban J connectivity index is 1.70. The van der Waals surface area contributed by atoms with Gasteiger partial charge in [-0.15, -0.1) is 0 Å². The van der Waals surface area contributed by atoms with Crippen molar-refractivity contribution in [2.45, 2.75) is 44.4 Å².